The topological polar surface area (TPSA) is 48.4 Å². The van der Waals surface area contributed by atoms with Crippen LogP contribution in [0.4, 0.5) is 0 Å². The highest BCUT2D eigenvalue weighted by atomic mass is 32.1. The van der Waals surface area contributed by atoms with Gasteiger partial charge in [0.05, 0.1) is 13.2 Å². The molecule has 0 amide bonds. The summed E-state index contributed by atoms with van der Waals surface area (Å²) in [7, 11) is 0. The Bertz CT molecular complexity index is 917. The lowest BCUT2D eigenvalue weighted by molar-refractivity contribution is -0.140. The van der Waals surface area contributed by atoms with E-state index < -0.39 is 0 Å². The van der Waals surface area contributed by atoms with Crippen LogP contribution in [0.3, 0.4) is 0 Å². The van der Waals surface area contributed by atoms with Crippen molar-refractivity contribution in [3.05, 3.63) is 60.9 Å². The fraction of sp³-hybridized carbons (Fsp3) is 0.238. The minimum Gasteiger partial charge on any atom is -0.493 e. The van der Waals surface area contributed by atoms with Gasteiger partial charge in [0, 0.05) is 39.0 Å². The molecule has 1 unspecified atom stereocenters. The van der Waals surface area contributed by atoms with Gasteiger partial charge < -0.3 is 9.47 Å². The van der Waals surface area contributed by atoms with Crippen LogP contribution in [0.5, 0.6) is 5.75 Å². The summed E-state index contributed by atoms with van der Waals surface area (Å²) in [5.74, 6) is 0.554. The van der Waals surface area contributed by atoms with Crippen LogP contribution in [0.15, 0.2) is 60.9 Å². The number of hydrogen-bond acceptors (Lipinski definition) is 5. The maximum absolute atomic E-state index is 11.4. The summed E-state index contributed by atoms with van der Waals surface area (Å²) < 4.78 is 12.2. The van der Waals surface area contributed by atoms with E-state index in [2.05, 4.69) is 29.8 Å². The minimum atomic E-state index is -0.361. The smallest absolute Gasteiger partial charge is 0.333 e. The van der Waals surface area contributed by atoms with E-state index in [-0.39, 0.29) is 11.9 Å². The Hall–Kier alpha value is -2.66. The summed E-state index contributed by atoms with van der Waals surface area (Å²) in [6, 6.07) is 12.2. The number of benzene rings is 1. The molecule has 0 aliphatic carbocycles. The van der Waals surface area contributed by atoms with E-state index in [1.807, 2.05) is 31.3 Å². The molecular weight excluding hydrogens is 346 g/mol. The van der Waals surface area contributed by atoms with Crippen LogP contribution in [0, 0.1) is 5.92 Å². The zero-order chi connectivity index (χ0) is 18.5. The van der Waals surface area contributed by atoms with Gasteiger partial charge >= 0.3 is 5.97 Å². The van der Waals surface area contributed by atoms with Crippen LogP contribution < -0.4 is 4.74 Å². The standard InChI is InChI=1S/C21H21NO3S/c1-14(2)21(23)25-13-15(3)12-24-18-7-6-16-9-19(26-20(16)10-18)17-5-4-8-22-11-17/h4-11,15H,1,12-13H2,2-3H3. The van der Waals surface area contributed by atoms with Crippen molar-refractivity contribution >= 4 is 27.4 Å². The Morgan fingerprint density at radius 3 is 2.85 bits per heavy atom. The van der Waals surface area contributed by atoms with E-state index in [0.29, 0.717) is 18.8 Å². The van der Waals surface area contributed by atoms with Crippen LogP contribution in [0.1, 0.15) is 13.8 Å². The van der Waals surface area contributed by atoms with Crippen molar-refractivity contribution < 1.29 is 14.3 Å². The van der Waals surface area contributed by atoms with E-state index in [1.54, 1.807) is 24.5 Å². The van der Waals surface area contributed by atoms with Crippen LogP contribution in [0.2, 0.25) is 0 Å². The van der Waals surface area contributed by atoms with E-state index in [9.17, 15) is 4.79 Å². The van der Waals surface area contributed by atoms with Crippen molar-refractivity contribution in [3.8, 4) is 16.2 Å². The number of thiophene rings is 1. The SMILES string of the molecule is C=C(C)C(=O)OCC(C)COc1ccc2cc(-c3cccnc3)sc2c1. The van der Waals surface area contributed by atoms with Gasteiger partial charge in [-0.15, -0.1) is 11.3 Å². The molecule has 2 heterocycles. The Morgan fingerprint density at radius 2 is 2.12 bits per heavy atom. The average molecular weight is 367 g/mol. The number of hydrogen-bond donors (Lipinski definition) is 0. The highest BCUT2D eigenvalue weighted by molar-refractivity contribution is 7.22. The van der Waals surface area contributed by atoms with Crippen molar-refractivity contribution in [2.24, 2.45) is 5.92 Å². The number of rotatable bonds is 7. The first-order chi connectivity index (χ1) is 12.5. The van der Waals surface area contributed by atoms with Gasteiger partial charge in [-0.2, -0.15) is 0 Å². The highest BCUT2D eigenvalue weighted by Crippen LogP contribution is 2.35. The normalized spacial score (nSPS) is 11.9. The Morgan fingerprint density at radius 1 is 1.27 bits per heavy atom. The maximum atomic E-state index is 11.4. The number of aromatic nitrogens is 1. The Balaban J connectivity index is 1.62. The average Bonchev–Trinajstić information content (AvgIpc) is 3.08. The van der Waals surface area contributed by atoms with Crippen molar-refractivity contribution in [2.75, 3.05) is 13.2 Å². The van der Waals surface area contributed by atoms with Crippen molar-refractivity contribution in [1.82, 2.24) is 4.98 Å². The van der Waals surface area contributed by atoms with Crippen LogP contribution in [0.25, 0.3) is 20.5 Å². The predicted octanol–water partition coefficient (Wildman–Crippen LogP) is 5.10. The van der Waals surface area contributed by atoms with Gasteiger partial charge in [0.15, 0.2) is 0 Å². The first-order valence-electron chi connectivity index (χ1n) is 8.42. The molecular formula is C21H21NO3S. The second-order valence-electron chi connectivity index (χ2n) is 6.35. The van der Waals surface area contributed by atoms with Gasteiger partial charge in [-0.05, 0) is 42.6 Å². The Kier molecular flexibility index (Phi) is 5.68. The molecule has 3 rings (SSSR count). The molecule has 4 nitrogen and oxygen atoms in total. The molecule has 0 saturated carbocycles. The molecule has 0 aliphatic rings. The zero-order valence-electron chi connectivity index (χ0n) is 14.9. The number of carbonyl (C=O) groups is 1. The molecule has 0 aliphatic heterocycles. The predicted molar refractivity (Wildman–Crippen MR) is 105 cm³/mol. The summed E-state index contributed by atoms with van der Waals surface area (Å²) in [4.78, 5) is 16.8. The zero-order valence-corrected chi connectivity index (χ0v) is 15.7. The number of fused-ring (bicyclic) bond motifs is 1. The van der Waals surface area contributed by atoms with Crippen LogP contribution >= 0.6 is 11.3 Å². The lowest BCUT2D eigenvalue weighted by Crippen LogP contribution is -2.18. The Labute approximate surface area is 157 Å². The van der Waals surface area contributed by atoms with Gasteiger partial charge in [-0.1, -0.05) is 19.6 Å². The van der Waals surface area contributed by atoms with Crippen molar-refractivity contribution in [2.45, 2.75) is 13.8 Å². The van der Waals surface area contributed by atoms with Gasteiger partial charge in [0.2, 0.25) is 0 Å². The van der Waals surface area contributed by atoms with Gasteiger partial charge in [0.1, 0.15) is 5.75 Å². The fourth-order valence-corrected chi connectivity index (χ4v) is 3.46. The summed E-state index contributed by atoms with van der Waals surface area (Å²) in [6.45, 7) is 7.99. The fourth-order valence-electron chi connectivity index (χ4n) is 2.38. The van der Waals surface area contributed by atoms with Gasteiger partial charge in [0.25, 0.3) is 0 Å². The molecule has 26 heavy (non-hydrogen) atoms. The molecule has 3 aromatic rings. The third-order valence-electron chi connectivity index (χ3n) is 3.82. The van der Waals surface area contributed by atoms with E-state index in [4.69, 9.17) is 9.47 Å². The van der Waals surface area contributed by atoms with E-state index in [1.165, 1.54) is 15.0 Å². The van der Waals surface area contributed by atoms with Crippen LogP contribution in [-0.2, 0) is 9.53 Å². The molecule has 0 N–H and O–H groups in total. The lowest BCUT2D eigenvalue weighted by atomic mass is 10.2. The molecule has 0 bridgehead atoms. The third-order valence-corrected chi connectivity index (χ3v) is 4.97. The molecule has 5 heteroatoms. The third kappa shape index (κ3) is 4.49. The van der Waals surface area contributed by atoms with Crippen molar-refractivity contribution in [3.63, 3.8) is 0 Å². The second kappa shape index (κ2) is 8.15. The first kappa shape index (κ1) is 18.1. The molecule has 0 spiro atoms. The number of nitrogens with zero attached hydrogens (tertiary/aromatic N) is 1. The number of ether oxygens (including phenoxy) is 2. The maximum Gasteiger partial charge on any atom is 0.333 e. The van der Waals surface area contributed by atoms with Crippen molar-refractivity contribution in [1.29, 1.82) is 0 Å². The summed E-state index contributed by atoms with van der Waals surface area (Å²) >= 11 is 1.72. The van der Waals surface area contributed by atoms with Gasteiger partial charge in [-0.3, -0.25) is 4.98 Å². The monoisotopic (exact) mass is 367 g/mol. The molecule has 1 aromatic carbocycles. The van der Waals surface area contributed by atoms with E-state index >= 15 is 0 Å². The first-order valence-corrected chi connectivity index (χ1v) is 9.24. The molecule has 0 saturated heterocycles. The molecule has 2 aromatic heterocycles. The summed E-state index contributed by atoms with van der Waals surface area (Å²) in [5.41, 5.74) is 1.52. The number of esters is 1. The summed E-state index contributed by atoms with van der Waals surface area (Å²) in [5, 5.41) is 1.18. The number of pyridine rings is 1. The second-order valence-corrected chi connectivity index (χ2v) is 7.43. The number of carbonyl (C=O) groups excluding carboxylic acids is 1. The van der Waals surface area contributed by atoms with Crippen LogP contribution in [-0.4, -0.2) is 24.2 Å². The molecule has 0 radical (unpaired) electrons. The molecule has 0 fully saturated rings. The summed E-state index contributed by atoms with van der Waals surface area (Å²) in [6.07, 6.45) is 3.65. The van der Waals surface area contributed by atoms with Gasteiger partial charge in [-0.25, -0.2) is 4.79 Å². The molecule has 1 atom stereocenters. The highest BCUT2D eigenvalue weighted by Gasteiger charge is 2.10. The quantitative estimate of drug-likeness (QED) is 0.431. The minimum absolute atomic E-state index is 0.100. The largest absolute Gasteiger partial charge is 0.493 e. The molecule has 134 valence electrons. The van der Waals surface area contributed by atoms with E-state index in [0.717, 1.165) is 11.3 Å². The lowest BCUT2D eigenvalue weighted by Gasteiger charge is -2.13.